The molecule has 0 spiro atoms. The van der Waals surface area contributed by atoms with Gasteiger partial charge < -0.3 is 5.73 Å². The van der Waals surface area contributed by atoms with Gasteiger partial charge in [0.2, 0.25) is 0 Å². The lowest BCUT2D eigenvalue weighted by atomic mass is 9.54. The van der Waals surface area contributed by atoms with Gasteiger partial charge in [-0.2, -0.15) is 0 Å². The van der Waals surface area contributed by atoms with Crippen LogP contribution in [-0.2, 0) is 10.8 Å². The number of nitrogens with one attached hydrogen (secondary N) is 2. The first-order valence-corrected chi connectivity index (χ1v) is 22.7. The summed E-state index contributed by atoms with van der Waals surface area (Å²) in [5.74, 6) is 4.78. The molecule has 5 aliphatic carbocycles. The second-order valence-corrected chi connectivity index (χ2v) is 18.9. The molecule has 3 nitrogen and oxygen atoms in total. The molecule has 2 bridgehead atoms. The Morgan fingerprint density at radius 1 is 0.655 bits per heavy atom. The molecule has 0 amide bonds. The maximum Gasteiger partial charge on any atom is 0.0684 e. The zero-order valence-electron chi connectivity index (χ0n) is 36.5. The summed E-state index contributed by atoms with van der Waals surface area (Å²) in [4.78, 5) is 0. The van der Waals surface area contributed by atoms with Crippen molar-refractivity contribution in [1.82, 2.24) is 0 Å². The maximum absolute atomic E-state index is 8.74. The van der Waals surface area contributed by atoms with E-state index in [0.29, 0.717) is 22.8 Å². The SMILES string of the molecule is CC.CC1CC2CC(C)CC(c3ccc(C(=N)c4ccc(N)cc4)cc3)(C1)C2.CCC1(c2ccc(C(=N)c3ccc(C4=CC(C)C(C)C4)cc3)cc2)CC2CCC=C21. The minimum absolute atomic E-state index is 0.271. The van der Waals surface area contributed by atoms with Gasteiger partial charge in [0.25, 0.3) is 0 Å². The number of hydrogen-bond donors (Lipinski definition) is 3. The molecule has 4 aromatic rings. The van der Waals surface area contributed by atoms with Gasteiger partial charge in [0, 0.05) is 33.4 Å². The van der Waals surface area contributed by atoms with Crippen LogP contribution in [0.3, 0.4) is 0 Å². The van der Waals surface area contributed by atoms with Gasteiger partial charge in [-0.1, -0.05) is 151 Å². The summed E-state index contributed by atoms with van der Waals surface area (Å²) in [6.45, 7) is 15.8. The van der Waals surface area contributed by atoms with E-state index in [1.54, 1.807) is 5.57 Å². The third kappa shape index (κ3) is 8.21. The van der Waals surface area contributed by atoms with E-state index in [9.17, 15) is 0 Å². The fourth-order valence-corrected chi connectivity index (χ4v) is 11.9. The monoisotopic (exact) mass is 772 g/mol. The Balaban J connectivity index is 0.000000171. The lowest BCUT2D eigenvalue weighted by Crippen LogP contribution is -2.42. The minimum atomic E-state index is 0.271. The predicted molar refractivity (Wildman–Crippen MR) is 248 cm³/mol. The van der Waals surface area contributed by atoms with E-state index in [1.165, 1.54) is 80.1 Å². The summed E-state index contributed by atoms with van der Waals surface area (Å²) >= 11 is 0. The van der Waals surface area contributed by atoms with Crippen LogP contribution in [0, 0.1) is 46.3 Å². The topological polar surface area (TPSA) is 73.7 Å². The summed E-state index contributed by atoms with van der Waals surface area (Å²) in [6, 6.07) is 34.0. The standard InChI is InChI=1S/C29H33N.C24H30N2.C2H6/c1-4-29(18-24-6-5-7-27(24)29)26-14-12-23(13-15-26)28(30)22-10-8-21(9-11-22)25-16-19(2)20(3)17-25;1-16-11-18-12-17(2)14-24(13-16,15-18)21-7-3-19(4-8-21)23(26)20-5-9-22(25)10-6-20;1-2/h7-16,19-20,24,30H,4-6,17-18H2,1-3H3;3-10,16-18,26H,11-15,25H2,1-2H3;1-2H3. The summed E-state index contributed by atoms with van der Waals surface area (Å²) in [6.07, 6.45) is 18.0. The van der Waals surface area contributed by atoms with E-state index in [-0.39, 0.29) is 5.41 Å². The van der Waals surface area contributed by atoms with Crippen LogP contribution in [-0.4, -0.2) is 11.4 Å². The summed E-state index contributed by atoms with van der Waals surface area (Å²) in [5, 5.41) is 17.3. The number of nitrogens with two attached hydrogens (primary N) is 1. The second kappa shape index (κ2) is 17.4. The van der Waals surface area contributed by atoms with E-state index in [0.717, 1.165) is 64.0 Å². The van der Waals surface area contributed by atoms with Gasteiger partial charge in [-0.15, -0.1) is 0 Å². The summed E-state index contributed by atoms with van der Waals surface area (Å²) < 4.78 is 0. The number of hydrogen-bond acceptors (Lipinski definition) is 3. The summed E-state index contributed by atoms with van der Waals surface area (Å²) in [7, 11) is 0. The lowest BCUT2D eigenvalue weighted by molar-refractivity contribution is 0.0780. The third-order valence-electron chi connectivity index (χ3n) is 14.9. The van der Waals surface area contributed by atoms with Crippen molar-refractivity contribution in [2.45, 2.75) is 124 Å². The van der Waals surface area contributed by atoms with Crippen molar-refractivity contribution in [3.8, 4) is 0 Å². The molecule has 3 fully saturated rings. The Hall–Kier alpha value is -4.50. The Bertz CT molecular complexity index is 2100. The number of anilines is 1. The number of fused-ring (bicyclic) bond motifs is 3. The van der Waals surface area contributed by atoms with Gasteiger partial charge in [0.05, 0.1) is 11.4 Å². The smallest absolute Gasteiger partial charge is 0.0684 e. The number of nitrogen functional groups attached to an aromatic ring is 1. The molecule has 5 aliphatic rings. The quantitative estimate of drug-likeness (QED) is 0.0931. The molecule has 0 heterocycles. The van der Waals surface area contributed by atoms with Crippen LogP contribution in [0.1, 0.15) is 152 Å². The van der Waals surface area contributed by atoms with Crippen molar-refractivity contribution in [3.05, 3.63) is 154 Å². The van der Waals surface area contributed by atoms with E-state index in [4.69, 9.17) is 16.6 Å². The first kappa shape index (κ1) is 41.7. The number of allylic oxidation sites excluding steroid dienone is 4. The fraction of sp³-hybridized carbons (Fsp3) is 0.455. The molecule has 4 N–H and O–H groups in total. The Labute approximate surface area is 350 Å². The van der Waals surface area contributed by atoms with E-state index in [2.05, 4.69) is 120 Å². The first-order chi connectivity index (χ1) is 28.0. The van der Waals surface area contributed by atoms with Gasteiger partial charge in [-0.3, -0.25) is 10.8 Å². The molecule has 304 valence electrons. The zero-order chi connectivity index (χ0) is 41.2. The highest BCUT2D eigenvalue weighted by atomic mass is 14.5. The van der Waals surface area contributed by atoms with Crippen LogP contribution in [0.4, 0.5) is 5.69 Å². The molecule has 0 radical (unpaired) electrons. The Kier molecular flexibility index (Phi) is 12.5. The molecular formula is C55H69N3. The van der Waals surface area contributed by atoms with Gasteiger partial charge in [0.1, 0.15) is 0 Å². The minimum Gasteiger partial charge on any atom is -0.399 e. The highest BCUT2D eigenvalue weighted by Gasteiger charge is 2.50. The van der Waals surface area contributed by atoms with Gasteiger partial charge in [0.15, 0.2) is 0 Å². The van der Waals surface area contributed by atoms with Gasteiger partial charge in [-0.25, -0.2) is 0 Å². The molecule has 0 aromatic heterocycles. The maximum atomic E-state index is 8.74. The van der Waals surface area contributed by atoms with Crippen molar-refractivity contribution in [2.75, 3.05) is 5.73 Å². The highest BCUT2D eigenvalue weighted by Crippen LogP contribution is 2.59. The first-order valence-electron chi connectivity index (χ1n) is 22.7. The van der Waals surface area contributed by atoms with Crippen molar-refractivity contribution in [1.29, 1.82) is 10.8 Å². The van der Waals surface area contributed by atoms with Crippen LogP contribution >= 0.6 is 0 Å². The third-order valence-corrected chi connectivity index (χ3v) is 14.9. The van der Waals surface area contributed by atoms with Crippen LogP contribution in [0.25, 0.3) is 5.57 Å². The van der Waals surface area contributed by atoms with Crippen molar-refractivity contribution in [3.63, 3.8) is 0 Å². The average Bonchev–Trinajstić information content (AvgIpc) is 3.79. The lowest BCUT2D eigenvalue weighted by Gasteiger charge is -2.50. The Morgan fingerprint density at radius 3 is 1.64 bits per heavy atom. The van der Waals surface area contributed by atoms with Gasteiger partial charge in [-0.05, 0) is 140 Å². The van der Waals surface area contributed by atoms with Gasteiger partial charge >= 0.3 is 0 Å². The molecule has 0 aliphatic heterocycles. The molecule has 0 saturated heterocycles. The largest absolute Gasteiger partial charge is 0.399 e. The summed E-state index contributed by atoms with van der Waals surface area (Å²) in [5.41, 5.74) is 19.6. The molecule has 3 heteroatoms. The normalized spacial score (nSPS) is 29.3. The molecule has 6 unspecified atom stereocenters. The van der Waals surface area contributed by atoms with E-state index in [1.807, 2.05) is 38.1 Å². The Morgan fingerprint density at radius 2 is 1.16 bits per heavy atom. The number of rotatable bonds is 8. The van der Waals surface area contributed by atoms with Crippen LogP contribution in [0.2, 0.25) is 0 Å². The molecule has 4 aromatic carbocycles. The molecular weight excluding hydrogens is 703 g/mol. The molecule has 58 heavy (non-hydrogen) atoms. The average molecular weight is 772 g/mol. The number of benzene rings is 4. The van der Waals surface area contributed by atoms with Crippen LogP contribution < -0.4 is 5.73 Å². The predicted octanol–water partition coefficient (Wildman–Crippen LogP) is 14.4. The van der Waals surface area contributed by atoms with Crippen molar-refractivity contribution < 1.29 is 0 Å². The fourth-order valence-electron chi connectivity index (χ4n) is 11.9. The van der Waals surface area contributed by atoms with Crippen LogP contribution in [0.5, 0.6) is 0 Å². The van der Waals surface area contributed by atoms with Crippen molar-refractivity contribution >= 4 is 22.7 Å². The van der Waals surface area contributed by atoms with Crippen LogP contribution in [0.15, 0.2) is 115 Å². The zero-order valence-corrected chi connectivity index (χ0v) is 36.5. The second-order valence-electron chi connectivity index (χ2n) is 18.9. The van der Waals surface area contributed by atoms with Crippen molar-refractivity contribution in [2.24, 2.45) is 35.5 Å². The van der Waals surface area contributed by atoms with E-state index < -0.39 is 0 Å². The molecule has 6 atom stereocenters. The molecule has 9 rings (SSSR count). The molecule has 3 saturated carbocycles. The highest BCUT2D eigenvalue weighted by molar-refractivity contribution is 6.11. The van der Waals surface area contributed by atoms with E-state index >= 15 is 0 Å².